The largest absolute Gasteiger partial charge is 0.508 e. The third kappa shape index (κ3) is 4.86. The van der Waals surface area contributed by atoms with Gasteiger partial charge >= 0.3 is 12.0 Å². The summed E-state index contributed by atoms with van der Waals surface area (Å²) < 4.78 is 52.5. The first kappa shape index (κ1) is 30.2. The lowest BCUT2D eigenvalue weighted by molar-refractivity contribution is -0.142. The van der Waals surface area contributed by atoms with Gasteiger partial charge in [-0.1, -0.05) is 13.0 Å². The van der Waals surface area contributed by atoms with Crippen LogP contribution in [0.1, 0.15) is 44.6 Å². The Balaban J connectivity index is 1.26. The van der Waals surface area contributed by atoms with Gasteiger partial charge in [0.15, 0.2) is 5.82 Å². The highest BCUT2D eigenvalue weighted by Gasteiger charge is 2.50. The molecule has 4 aromatic rings. The molecule has 0 amide bonds. The standard InChI is InChI=1S/C35H36F3N5O4/c1-2-22-27(37)7-5-18-10-21(44)11-24(28(18)22)30-29(38)31-25(13-39-30)32(42-14-19-4-6-23(33(45)46)26(19)16-42)41-34(40-31)47-17-35-8-3-9-43(35)15-20(36)12-35/h5,7,10-11,13,19-20,23,26,44H,2-4,6,8-9,12,14-17H2,1H3,(H,45,46)/t19?,20-,23?,26?,35+/m1/s1. The van der Waals surface area contributed by atoms with Gasteiger partial charge in [0.25, 0.3) is 0 Å². The molecule has 3 saturated heterocycles. The van der Waals surface area contributed by atoms with Crippen LogP contribution in [-0.4, -0.2) is 80.5 Å². The topological polar surface area (TPSA) is 112 Å². The first-order valence-corrected chi connectivity index (χ1v) is 16.5. The summed E-state index contributed by atoms with van der Waals surface area (Å²) in [5.41, 5.74) is -0.0106. The van der Waals surface area contributed by atoms with Crippen LogP contribution in [0.4, 0.5) is 19.0 Å². The number of aromatic hydroxyl groups is 1. The van der Waals surface area contributed by atoms with Gasteiger partial charge in [-0.25, -0.2) is 13.2 Å². The van der Waals surface area contributed by atoms with Gasteiger partial charge in [0, 0.05) is 37.8 Å². The Morgan fingerprint density at radius 3 is 2.81 bits per heavy atom. The molecule has 246 valence electrons. The summed E-state index contributed by atoms with van der Waals surface area (Å²) in [7, 11) is 0. The summed E-state index contributed by atoms with van der Waals surface area (Å²) in [5, 5.41) is 21.7. The molecule has 8 rings (SSSR count). The Morgan fingerprint density at radius 1 is 1.15 bits per heavy atom. The lowest BCUT2D eigenvalue weighted by Crippen LogP contribution is -2.43. The molecule has 12 heteroatoms. The van der Waals surface area contributed by atoms with E-state index in [4.69, 9.17) is 9.72 Å². The zero-order valence-electron chi connectivity index (χ0n) is 26.1. The van der Waals surface area contributed by atoms with Gasteiger partial charge in [-0.05, 0) is 85.0 Å². The maximum Gasteiger partial charge on any atom is 0.319 e. The summed E-state index contributed by atoms with van der Waals surface area (Å²) in [6, 6.07) is 5.71. The van der Waals surface area contributed by atoms with Crippen molar-refractivity contribution < 1.29 is 32.9 Å². The van der Waals surface area contributed by atoms with Gasteiger partial charge in [0.1, 0.15) is 41.4 Å². The van der Waals surface area contributed by atoms with Crippen LogP contribution in [-0.2, 0) is 11.2 Å². The van der Waals surface area contributed by atoms with Crippen LogP contribution in [0.2, 0.25) is 0 Å². The molecule has 2 N–H and O–H groups in total. The van der Waals surface area contributed by atoms with Crippen LogP contribution in [0.3, 0.4) is 0 Å². The summed E-state index contributed by atoms with van der Waals surface area (Å²) >= 11 is 0. The number of aliphatic carboxylic acids is 1. The number of halogens is 3. The van der Waals surface area contributed by atoms with E-state index in [1.165, 1.54) is 24.4 Å². The van der Waals surface area contributed by atoms with Crippen LogP contribution in [0.5, 0.6) is 11.8 Å². The van der Waals surface area contributed by atoms with E-state index in [1.807, 2.05) is 11.8 Å². The molecule has 0 spiro atoms. The minimum atomic E-state index is -0.945. The average Bonchev–Trinajstić information content (AvgIpc) is 3.80. The van der Waals surface area contributed by atoms with Gasteiger partial charge in [-0.15, -0.1) is 0 Å². The van der Waals surface area contributed by atoms with Crippen molar-refractivity contribution in [1.82, 2.24) is 19.9 Å². The van der Waals surface area contributed by atoms with Gasteiger partial charge in [-0.3, -0.25) is 14.7 Å². The summed E-state index contributed by atoms with van der Waals surface area (Å²) in [6.45, 7) is 4.10. The number of benzene rings is 2. The maximum atomic E-state index is 16.9. The molecule has 5 atom stereocenters. The number of carboxylic acid groups (broad SMARTS) is 1. The van der Waals surface area contributed by atoms with E-state index in [0.29, 0.717) is 66.4 Å². The van der Waals surface area contributed by atoms with E-state index in [0.717, 1.165) is 25.8 Å². The minimum Gasteiger partial charge on any atom is -0.508 e. The molecule has 0 bridgehead atoms. The molecule has 2 aromatic carbocycles. The van der Waals surface area contributed by atoms with Gasteiger partial charge in [-0.2, -0.15) is 9.97 Å². The minimum absolute atomic E-state index is 0.0524. The zero-order chi connectivity index (χ0) is 32.6. The van der Waals surface area contributed by atoms with Crippen molar-refractivity contribution in [2.75, 3.05) is 37.7 Å². The number of phenols is 1. The number of pyridine rings is 1. The van der Waals surface area contributed by atoms with Crippen LogP contribution < -0.4 is 9.64 Å². The molecule has 2 aromatic heterocycles. The first-order valence-electron chi connectivity index (χ1n) is 16.5. The lowest BCUT2D eigenvalue weighted by atomic mass is 9.93. The highest BCUT2D eigenvalue weighted by Crippen LogP contribution is 2.46. The molecule has 4 fully saturated rings. The number of phenolic OH excluding ortho intramolecular Hbond substituents is 1. The number of aryl methyl sites for hydroxylation is 1. The smallest absolute Gasteiger partial charge is 0.319 e. The lowest BCUT2D eigenvalue weighted by Gasteiger charge is -2.31. The molecule has 3 aliphatic heterocycles. The van der Waals surface area contributed by atoms with Crippen molar-refractivity contribution in [2.24, 2.45) is 17.8 Å². The van der Waals surface area contributed by atoms with Crippen molar-refractivity contribution in [3.05, 3.63) is 47.7 Å². The van der Waals surface area contributed by atoms with E-state index in [1.54, 1.807) is 6.07 Å². The van der Waals surface area contributed by atoms with Gasteiger partial charge in [0.2, 0.25) is 0 Å². The quantitative estimate of drug-likeness (QED) is 0.254. The zero-order valence-corrected chi connectivity index (χ0v) is 26.1. The Hall–Kier alpha value is -4.19. The molecular weight excluding hydrogens is 611 g/mol. The number of nitrogens with zero attached hydrogens (tertiary/aromatic N) is 5. The third-order valence-electron chi connectivity index (χ3n) is 11.1. The second-order valence-electron chi connectivity index (χ2n) is 13.7. The number of anilines is 1. The highest BCUT2D eigenvalue weighted by molar-refractivity contribution is 6.01. The molecule has 47 heavy (non-hydrogen) atoms. The van der Waals surface area contributed by atoms with Crippen molar-refractivity contribution in [1.29, 1.82) is 0 Å². The first-order chi connectivity index (χ1) is 22.7. The molecular formula is C35H36F3N5O4. The fourth-order valence-electron chi connectivity index (χ4n) is 8.94. The average molecular weight is 648 g/mol. The number of hydrogen-bond donors (Lipinski definition) is 2. The van der Waals surface area contributed by atoms with Gasteiger partial charge < -0.3 is 19.8 Å². The summed E-state index contributed by atoms with van der Waals surface area (Å²) in [4.78, 5) is 29.9. The number of ether oxygens (including phenoxy) is 1. The van der Waals surface area contributed by atoms with E-state index in [-0.39, 0.29) is 47.0 Å². The Labute approximate surface area is 269 Å². The second kappa shape index (κ2) is 11.2. The Kier molecular flexibility index (Phi) is 7.19. The number of carboxylic acids is 1. The maximum absolute atomic E-state index is 16.9. The number of alkyl halides is 1. The fourth-order valence-corrected chi connectivity index (χ4v) is 8.94. The molecule has 1 aliphatic carbocycles. The fraction of sp³-hybridized carbons (Fsp3) is 0.486. The van der Waals surface area contributed by atoms with Crippen LogP contribution >= 0.6 is 0 Å². The molecule has 9 nitrogen and oxygen atoms in total. The number of rotatable bonds is 7. The van der Waals surface area contributed by atoms with Crippen molar-refractivity contribution >= 4 is 33.5 Å². The predicted octanol–water partition coefficient (Wildman–Crippen LogP) is 5.89. The summed E-state index contributed by atoms with van der Waals surface area (Å²) in [5.74, 6) is -2.09. The number of aromatic nitrogens is 3. The highest BCUT2D eigenvalue weighted by atomic mass is 19.1. The number of carbonyl (C=O) groups is 1. The summed E-state index contributed by atoms with van der Waals surface area (Å²) in [6.07, 6.45) is 4.36. The van der Waals surface area contributed by atoms with E-state index < -0.39 is 35.2 Å². The molecule has 1 saturated carbocycles. The van der Waals surface area contributed by atoms with Crippen LogP contribution in [0.25, 0.3) is 32.9 Å². The molecule has 5 heterocycles. The van der Waals surface area contributed by atoms with E-state index >= 15 is 4.39 Å². The Morgan fingerprint density at radius 2 is 2.00 bits per heavy atom. The van der Waals surface area contributed by atoms with Crippen molar-refractivity contribution in [2.45, 2.75) is 57.2 Å². The van der Waals surface area contributed by atoms with Crippen molar-refractivity contribution in [3.63, 3.8) is 0 Å². The van der Waals surface area contributed by atoms with Crippen molar-refractivity contribution in [3.8, 4) is 23.0 Å². The number of fused-ring (bicyclic) bond motifs is 4. The van der Waals surface area contributed by atoms with Crippen LogP contribution in [0, 0.1) is 29.4 Å². The number of hydrogen-bond acceptors (Lipinski definition) is 8. The van der Waals surface area contributed by atoms with Gasteiger partial charge in [0.05, 0.1) is 16.8 Å². The monoisotopic (exact) mass is 647 g/mol. The van der Waals surface area contributed by atoms with E-state index in [2.05, 4.69) is 14.9 Å². The third-order valence-corrected chi connectivity index (χ3v) is 11.1. The predicted molar refractivity (Wildman–Crippen MR) is 169 cm³/mol. The molecule has 4 aliphatic rings. The second-order valence-corrected chi connectivity index (χ2v) is 13.7. The van der Waals surface area contributed by atoms with E-state index in [9.17, 15) is 23.8 Å². The molecule has 3 unspecified atom stereocenters. The molecule has 0 radical (unpaired) electrons. The SMILES string of the molecule is CCc1c(F)ccc2cc(O)cc(-c3ncc4c(N5CC6CCC(C(=O)O)C6C5)nc(OC[C@@]56CCCN5C[C@H](F)C6)nc4c3F)c12. The van der Waals surface area contributed by atoms with Crippen LogP contribution in [0.15, 0.2) is 30.5 Å². The Bertz CT molecular complexity index is 1930. The normalized spacial score (nSPS) is 27.2.